The maximum absolute atomic E-state index is 12.8. The number of benzene rings is 3. The van der Waals surface area contributed by atoms with Crippen molar-refractivity contribution in [1.29, 1.82) is 0 Å². The Morgan fingerprint density at radius 1 is 0.935 bits per heavy atom. The van der Waals surface area contributed by atoms with E-state index in [2.05, 4.69) is 15.6 Å². The second-order valence-electron chi connectivity index (χ2n) is 10.7. The summed E-state index contributed by atoms with van der Waals surface area (Å²) in [7, 11) is 1.51. The lowest BCUT2D eigenvalue weighted by Crippen LogP contribution is -2.35. The number of nitrogens with zero attached hydrogens (tertiary/aromatic N) is 1. The molecule has 1 aromatic heterocycles. The first kappa shape index (κ1) is 32.4. The standard InChI is InChI=1S/C33H33F3N4O6/c1-43-29-18-25-27(19-30(29)44-17-15-26(37)31(41)46-23-4-2-3-5-23)38-16-14-28(25)45-24-12-10-22(11-13-24)40-32(42)39-21-8-6-20(7-9-21)33(34,35)36/h6-14,16,18-19,23,26H,2-5,15,17,37H2,1H3,(H2,39,40,42)/t26-/m1/s1. The van der Waals surface area contributed by atoms with Crippen LogP contribution in [0.3, 0.4) is 0 Å². The van der Waals surface area contributed by atoms with Gasteiger partial charge in [-0.25, -0.2) is 4.79 Å². The SMILES string of the molecule is COc1cc2c(Oc3ccc(NC(=O)Nc4ccc(C(F)(F)F)cc4)cc3)ccnc2cc1OCC[C@@H](N)C(=O)OC1CCCC1. The molecule has 1 aliphatic rings. The van der Waals surface area contributed by atoms with Crippen molar-refractivity contribution in [3.05, 3.63) is 78.5 Å². The highest BCUT2D eigenvalue weighted by Gasteiger charge is 2.30. The van der Waals surface area contributed by atoms with Crippen molar-refractivity contribution in [3.63, 3.8) is 0 Å². The molecule has 3 aromatic carbocycles. The van der Waals surface area contributed by atoms with Crippen LogP contribution in [-0.2, 0) is 15.7 Å². The molecule has 5 rings (SSSR count). The van der Waals surface area contributed by atoms with Crippen LogP contribution in [0.2, 0.25) is 0 Å². The number of urea groups is 1. The molecule has 242 valence electrons. The number of aromatic nitrogens is 1. The third kappa shape index (κ3) is 8.36. The number of carbonyl (C=O) groups excluding carboxylic acids is 2. The monoisotopic (exact) mass is 638 g/mol. The van der Waals surface area contributed by atoms with E-state index in [0.717, 1.165) is 37.8 Å². The maximum atomic E-state index is 12.8. The molecule has 2 amide bonds. The number of carbonyl (C=O) groups is 2. The molecule has 0 unspecified atom stereocenters. The second kappa shape index (κ2) is 14.4. The van der Waals surface area contributed by atoms with Gasteiger partial charge in [-0.3, -0.25) is 9.78 Å². The van der Waals surface area contributed by atoms with Gasteiger partial charge in [-0.05, 0) is 86.3 Å². The van der Waals surface area contributed by atoms with Gasteiger partial charge in [0.05, 0.1) is 24.8 Å². The number of fused-ring (bicyclic) bond motifs is 1. The zero-order valence-electron chi connectivity index (χ0n) is 24.9. The molecule has 46 heavy (non-hydrogen) atoms. The van der Waals surface area contributed by atoms with Gasteiger partial charge in [-0.1, -0.05) is 0 Å². The van der Waals surface area contributed by atoms with Crippen LogP contribution >= 0.6 is 0 Å². The van der Waals surface area contributed by atoms with E-state index in [9.17, 15) is 22.8 Å². The summed E-state index contributed by atoms with van der Waals surface area (Å²) in [6.45, 7) is 0.168. The number of methoxy groups -OCH3 is 1. The first-order valence-electron chi connectivity index (χ1n) is 14.7. The third-order valence-corrected chi connectivity index (χ3v) is 7.37. The molecule has 13 heteroatoms. The van der Waals surface area contributed by atoms with Gasteiger partial charge in [0.1, 0.15) is 23.6 Å². The van der Waals surface area contributed by atoms with Crippen molar-refractivity contribution in [3.8, 4) is 23.0 Å². The maximum Gasteiger partial charge on any atom is 0.416 e. The lowest BCUT2D eigenvalue weighted by molar-refractivity contribution is -0.150. The Labute approximate surface area is 263 Å². The number of ether oxygens (including phenoxy) is 4. The van der Waals surface area contributed by atoms with Gasteiger partial charge in [-0.15, -0.1) is 0 Å². The minimum absolute atomic E-state index is 0.0487. The molecular weight excluding hydrogens is 605 g/mol. The molecular formula is C33H33F3N4O6. The van der Waals surface area contributed by atoms with E-state index in [-0.39, 0.29) is 24.8 Å². The molecule has 0 radical (unpaired) electrons. The summed E-state index contributed by atoms with van der Waals surface area (Å²) in [6, 6.07) is 14.4. The van der Waals surface area contributed by atoms with Gasteiger partial charge in [0.15, 0.2) is 11.5 Å². The van der Waals surface area contributed by atoms with Crippen molar-refractivity contribution >= 4 is 34.3 Å². The zero-order valence-corrected chi connectivity index (χ0v) is 24.9. The van der Waals surface area contributed by atoms with Crippen LogP contribution in [0.1, 0.15) is 37.7 Å². The van der Waals surface area contributed by atoms with Crippen molar-refractivity contribution in [2.75, 3.05) is 24.4 Å². The number of alkyl halides is 3. The number of anilines is 2. The summed E-state index contributed by atoms with van der Waals surface area (Å²) in [5, 5.41) is 5.77. The summed E-state index contributed by atoms with van der Waals surface area (Å²) in [4.78, 5) is 29.0. The Morgan fingerprint density at radius 3 is 2.22 bits per heavy atom. The van der Waals surface area contributed by atoms with Crippen molar-refractivity contribution in [1.82, 2.24) is 4.98 Å². The highest BCUT2D eigenvalue weighted by molar-refractivity contribution is 5.99. The highest BCUT2D eigenvalue weighted by Crippen LogP contribution is 2.37. The van der Waals surface area contributed by atoms with E-state index in [1.54, 1.807) is 48.7 Å². The fourth-order valence-electron chi connectivity index (χ4n) is 4.93. The summed E-state index contributed by atoms with van der Waals surface area (Å²) in [5.74, 6) is 1.41. The Morgan fingerprint density at radius 2 is 1.59 bits per heavy atom. The molecule has 1 saturated carbocycles. The predicted molar refractivity (Wildman–Crippen MR) is 165 cm³/mol. The lowest BCUT2D eigenvalue weighted by atomic mass is 10.1. The number of nitrogens with one attached hydrogen (secondary N) is 2. The number of amides is 2. The fraction of sp³-hybridized carbons (Fsp3) is 0.303. The van der Waals surface area contributed by atoms with Crippen LogP contribution in [0.15, 0.2) is 72.9 Å². The van der Waals surface area contributed by atoms with Gasteiger partial charge in [-0.2, -0.15) is 13.2 Å². The molecule has 1 fully saturated rings. The number of nitrogens with two attached hydrogens (primary N) is 1. The zero-order chi connectivity index (χ0) is 32.7. The Hall–Kier alpha value is -5.04. The smallest absolute Gasteiger partial charge is 0.416 e. The van der Waals surface area contributed by atoms with E-state index in [1.165, 1.54) is 19.2 Å². The molecule has 1 heterocycles. The molecule has 1 atom stereocenters. The van der Waals surface area contributed by atoms with E-state index >= 15 is 0 Å². The minimum Gasteiger partial charge on any atom is -0.493 e. The summed E-state index contributed by atoms with van der Waals surface area (Å²) in [6.07, 6.45) is 1.21. The van der Waals surface area contributed by atoms with E-state index in [1.807, 2.05) is 0 Å². The van der Waals surface area contributed by atoms with Crippen molar-refractivity contribution < 1.29 is 41.7 Å². The van der Waals surface area contributed by atoms with Crippen LogP contribution in [0, 0.1) is 0 Å². The topological polar surface area (TPSA) is 134 Å². The van der Waals surface area contributed by atoms with Gasteiger partial charge in [0, 0.05) is 35.4 Å². The van der Waals surface area contributed by atoms with Crippen molar-refractivity contribution in [2.45, 2.75) is 50.4 Å². The summed E-state index contributed by atoms with van der Waals surface area (Å²) >= 11 is 0. The molecule has 0 spiro atoms. The molecule has 0 saturated heterocycles. The summed E-state index contributed by atoms with van der Waals surface area (Å²) in [5.41, 5.74) is 6.44. The lowest BCUT2D eigenvalue weighted by Gasteiger charge is -2.17. The average Bonchev–Trinajstić information content (AvgIpc) is 3.54. The van der Waals surface area contributed by atoms with E-state index in [0.29, 0.717) is 39.6 Å². The largest absolute Gasteiger partial charge is 0.493 e. The molecule has 0 aliphatic heterocycles. The molecule has 0 bridgehead atoms. The normalized spacial score (nSPS) is 14.0. The van der Waals surface area contributed by atoms with E-state index < -0.39 is 29.8 Å². The number of hydrogen-bond acceptors (Lipinski definition) is 8. The molecule has 4 N–H and O–H groups in total. The number of halogens is 3. The highest BCUT2D eigenvalue weighted by atomic mass is 19.4. The quantitative estimate of drug-likeness (QED) is 0.146. The molecule has 1 aliphatic carbocycles. The Bertz CT molecular complexity index is 1660. The van der Waals surface area contributed by atoms with Crippen LogP contribution < -0.4 is 30.6 Å². The third-order valence-electron chi connectivity index (χ3n) is 7.37. The molecule has 10 nitrogen and oxygen atoms in total. The Balaban J connectivity index is 1.18. The first-order chi connectivity index (χ1) is 22.1. The number of hydrogen-bond donors (Lipinski definition) is 3. The van der Waals surface area contributed by atoms with Crippen LogP contribution in [-0.4, -0.2) is 42.8 Å². The predicted octanol–water partition coefficient (Wildman–Crippen LogP) is 7.28. The summed E-state index contributed by atoms with van der Waals surface area (Å²) < 4.78 is 61.3. The number of pyridine rings is 1. The van der Waals surface area contributed by atoms with E-state index in [4.69, 9.17) is 24.7 Å². The minimum atomic E-state index is -4.46. The van der Waals surface area contributed by atoms with Gasteiger partial charge >= 0.3 is 18.2 Å². The molecule has 4 aromatic rings. The number of rotatable bonds is 11. The van der Waals surface area contributed by atoms with Crippen LogP contribution in [0.5, 0.6) is 23.0 Å². The number of esters is 1. The average molecular weight is 639 g/mol. The van der Waals surface area contributed by atoms with Crippen LogP contribution in [0.25, 0.3) is 10.9 Å². The van der Waals surface area contributed by atoms with Gasteiger partial charge in [0.25, 0.3) is 0 Å². The van der Waals surface area contributed by atoms with Crippen LogP contribution in [0.4, 0.5) is 29.3 Å². The van der Waals surface area contributed by atoms with Gasteiger partial charge < -0.3 is 35.3 Å². The fourth-order valence-corrected chi connectivity index (χ4v) is 4.93. The first-order valence-corrected chi connectivity index (χ1v) is 14.7. The van der Waals surface area contributed by atoms with Crippen molar-refractivity contribution in [2.24, 2.45) is 5.73 Å². The van der Waals surface area contributed by atoms with Gasteiger partial charge in [0.2, 0.25) is 0 Å². The Kier molecular flexibility index (Phi) is 10.1. The second-order valence-corrected chi connectivity index (χ2v) is 10.7.